The summed E-state index contributed by atoms with van der Waals surface area (Å²) in [5.74, 6) is -2.44. The highest BCUT2D eigenvalue weighted by Gasteiger charge is 2.51. The van der Waals surface area contributed by atoms with Gasteiger partial charge in [-0.25, -0.2) is 5.10 Å². The van der Waals surface area contributed by atoms with Crippen LogP contribution in [0.4, 0.5) is 5.95 Å². The van der Waals surface area contributed by atoms with Gasteiger partial charge in [0.25, 0.3) is 0 Å². The lowest BCUT2D eigenvalue weighted by atomic mass is 9.82. The first-order chi connectivity index (χ1) is 10.1. The third kappa shape index (κ3) is 2.37. The fourth-order valence-electron chi connectivity index (χ4n) is 3.21. The number of rotatable bonds is 5. The smallest absolute Gasteiger partial charge is 0.337 e. The summed E-state index contributed by atoms with van der Waals surface area (Å²) in [7, 11) is 0. The molecule has 8 nitrogen and oxygen atoms in total. The highest BCUT2D eigenvalue weighted by molar-refractivity contribution is 5.95. The molecule has 4 atom stereocenters. The third-order valence-corrected chi connectivity index (χ3v) is 4.03. The summed E-state index contributed by atoms with van der Waals surface area (Å²) >= 11 is 0. The van der Waals surface area contributed by atoms with Crippen LogP contribution in [-0.2, 0) is 9.59 Å². The zero-order chi connectivity index (χ0) is 15.0. The standard InChI is InChI=1S/C13H16N4O4/c1-2-21-13-15-12(16-17-13)14-10(18)8-6-3-4-7(5-6)9(8)11(19)20/h3-4,6-9H,2,5H2,1H3,(H,19,20)(H2,14,15,16,17,18). The van der Waals surface area contributed by atoms with Gasteiger partial charge in [-0.15, -0.1) is 5.10 Å². The Kier molecular flexibility index (Phi) is 3.36. The largest absolute Gasteiger partial charge is 0.481 e. The first-order valence-corrected chi connectivity index (χ1v) is 6.87. The Labute approximate surface area is 120 Å². The maximum Gasteiger partial charge on any atom is 0.337 e. The molecule has 1 heterocycles. The van der Waals surface area contributed by atoms with Crippen LogP contribution >= 0.6 is 0 Å². The molecule has 0 aromatic carbocycles. The minimum atomic E-state index is -0.931. The first kappa shape index (κ1) is 13.6. The van der Waals surface area contributed by atoms with Gasteiger partial charge in [0, 0.05) is 0 Å². The molecule has 0 aliphatic heterocycles. The fourth-order valence-corrected chi connectivity index (χ4v) is 3.21. The van der Waals surface area contributed by atoms with Crippen molar-refractivity contribution in [3.63, 3.8) is 0 Å². The Morgan fingerprint density at radius 2 is 2.14 bits per heavy atom. The molecule has 3 rings (SSSR count). The number of allylic oxidation sites excluding steroid dienone is 2. The zero-order valence-electron chi connectivity index (χ0n) is 11.4. The van der Waals surface area contributed by atoms with E-state index in [1.165, 1.54) is 0 Å². The van der Waals surface area contributed by atoms with E-state index in [1.54, 1.807) is 6.92 Å². The number of H-pyrrole nitrogens is 1. The summed E-state index contributed by atoms with van der Waals surface area (Å²) in [5.41, 5.74) is 0. The molecule has 1 saturated carbocycles. The van der Waals surface area contributed by atoms with Gasteiger partial charge >= 0.3 is 12.0 Å². The summed E-state index contributed by atoms with van der Waals surface area (Å²) in [6.07, 6.45) is 4.55. The summed E-state index contributed by atoms with van der Waals surface area (Å²) in [6, 6.07) is 0.149. The van der Waals surface area contributed by atoms with E-state index in [0.29, 0.717) is 6.61 Å². The van der Waals surface area contributed by atoms with Crippen molar-refractivity contribution in [1.29, 1.82) is 0 Å². The molecule has 2 aliphatic carbocycles. The minimum absolute atomic E-state index is 0.0228. The summed E-state index contributed by atoms with van der Waals surface area (Å²) in [5, 5.41) is 18.2. The average molecular weight is 292 g/mol. The molecule has 2 aliphatic rings. The Morgan fingerprint density at radius 1 is 1.43 bits per heavy atom. The van der Waals surface area contributed by atoms with Gasteiger partial charge in [0.15, 0.2) is 0 Å². The number of carboxylic acids is 1. The second kappa shape index (κ2) is 5.19. The molecule has 4 unspecified atom stereocenters. The summed E-state index contributed by atoms with van der Waals surface area (Å²) in [4.78, 5) is 27.7. The number of aromatic nitrogens is 3. The Bertz CT molecular complexity index is 597. The monoisotopic (exact) mass is 292 g/mol. The van der Waals surface area contributed by atoms with Crippen molar-refractivity contribution >= 4 is 17.8 Å². The summed E-state index contributed by atoms with van der Waals surface area (Å²) < 4.78 is 5.09. The Hall–Kier alpha value is -2.38. The number of fused-ring (bicyclic) bond motifs is 2. The number of hydrogen-bond acceptors (Lipinski definition) is 5. The van der Waals surface area contributed by atoms with E-state index in [9.17, 15) is 14.7 Å². The van der Waals surface area contributed by atoms with Crippen molar-refractivity contribution in [2.75, 3.05) is 11.9 Å². The van der Waals surface area contributed by atoms with Gasteiger partial charge in [0.1, 0.15) is 0 Å². The molecule has 1 aromatic rings. The molecule has 2 bridgehead atoms. The van der Waals surface area contributed by atoms with Crippen LogP contribution in [0, 0.1) is 23.7 Å². The quantitative estimate of drug-likeness (QED) is 0.686. The van der Waals surface area contributed by atoms with Crippen molar-refractivity contribution in [3.05, 3.63) is 12.2 Å². The molecule has 3 N–H and O–H groups in total. The van der Waals surface area contributed by atoms with Crippen molar-refractivity contribution in [2.45, 2.75) is 13.3 Å². The van der Waals surface area contributed by atoms with Crippen LogP contribution < -0.4 is 10.1 Å². The lowest BCUT2D eigenvalue weighted by Gasteiger charge is -2.23. The minimum Gasteiger partial charge on any atom is -0.481 e. The maximum absolute atomic E-state index is 12.3. The number of aromatic amines is 1. The number of anilines is 1. The average Bonchev–Trinajstić information content (AvgIpc) is 3.13. The molecule has 21 heavy (non-hydrogen) atoms. The predicted octanol–water partition coefficient (Wildman–Crippen LogP) is 0.665. The van der Waals surface area contributed by atoms with E-state index in [0.717, 1.165) is 6.42 Å². The number of carbonyl (C=O) groups is 2. The number of ether oxygens (including phenoxy) is 1. The van der Waals surface area contributed by atoms with Crippen LogP contribution in [-0.4, -0.2) is 38.8 Å². The number of carboxylic acid groups (broad SMARTS) is 1. The normalized spacial score (nSPS) is 29.6. The molecule has 0 saturated heterocycles. The summed E-state index contributed by atoms with van der Waals surface area (Å²) in [6.45, 7) is 2.22. The van der Waals surface area contributed by atoms with Crippen LogP contribution in [0.15, 0.2) is 12.2 Å². The second-order valence-electron chi connectivity index (χ2n) is 5.23. The van der Waals surface area contributed by atoms with E-state index in [1.807, 2.05) is 12.2 Å². The van der Waals surface area contributed by atoms with Crippen LogP contribution in [0.1, 0.15) is 13.3 Å². The van der Waals surface area contributed by atoms with Gasteiger partial charge in [0.2, 0.25) is 11.9 Å². The van der Waals surface area contributed by atoms with Crippen LogP contribution in [0.5, 0.6) is 6.01 Å². The second-order valence-corrected chi connectivity index (χ2v) is 5.23. The van der Waals surface area contributed by atoms with Crippen LogP contribution in [0.2, 0.25) is 0 Å². The third-order valence-electron chi connectivity index (χ3n) is 4.03. The number of nitrogens with zero attached hydrogens (tertiary/aromatic N) is 2. The topological polar surface area (TPSA) is 117 Å². The molecular weight excluding hydrogens is 276 g/mol. The van der Waals surface area contributed by atoms with E-state index >= 15 is 0 Å². The highest BCUT2D eigenvalue weighted by atomic mass is 16.5. The van der Waals surface area contributed by atoms with Gasteiger partial charge in [-0.3, -0.25) is 14.9 Å². The molecule has 112 valence electrons. The molecule has 1 fully saturated rings. The molecule has 1 amide bonds. The van der Waals surface area contributed by atoms with E-state index in [4.69, 9.17) is 4.74 Å². The number of aliphatic carboxylic acids is 1. The molecular formula is C13H16N4O4. The van der Waals surface area contributed by atoms with Crippen molar-refractivity contribution in [2.24, 2.45) is 23.7 Å². The van der Waals surface area contributed by atoms with Crippen LogP contribution in [0.25, 0.3) is 0 Å². The lowest BCUT2D eigenvalue weighted by molar-refractivity contribution is -0.146. The van der Waals surface area contributed by atoms with Gasteiger partial charge < -0.3 is 9.84 Å². The van der Waals surface area contributed by atoms with Gasteiger partial charge in [-0.1, -0.05) is 12.2 Å². The fraction of sp³-hybridized carbons (Fsp3) is 0.538. The van der Waals surface area contributed by atoms with Gasteiger partial charge in [-0.2, -0.15) is 4.98 Å². The maximum atomic E-state index is 12.3. The number of hydrogen-bond donors (Lipinski definition) is 3. The van der Waals surface area contributed by atoms with Gasteiger partial charge in [-0.05, 0) is 25.2 Å². The van der Waals surface area contributed by atoms with Gasteiger partial charge in [0.05, 0.1) is 18.4 Å². The number of amides is 1. The van der Waals surface area contributed by atoms with E-state index < -0.39 is 17.8 Å². The van der Waals surface area contributed by atoms with Crippen molar-refractivity contribution in [1.82, 2.24) is 15.2 Å². The van der Waals surface area contributed by atoms with E-state index in [-0.39, 0.29) is 29.7 Å². The molecule has 1 aromatic heterocycles. The molecule has 0 radical (unpaired) electrons. The number of carbonyl (C=O) groups excluding carboxylic acids is 1. The van der Waals surface area contributed by atoms with Crippen molar-refractivity contribution in [3.8, 4) is 6.01 Å². The Morgan fingerprint density at radius 3 is 2.81 bits per heavy atom. The van der Waals surface area contributed by atoms with Crippen molar-refractivity contribution < 1.29 is 19.4 Å². The first-order valence-electron chi connectivity index (χ1n) is 6.87. The zero-order valence-corrected chi connectivity index (χ0v) is 11.4. The van der Waals surface area contributed by atoms with E-state index in [2.05, 4.69) is 20.5 Å². The Balaban J connectivity index is 1.72. The van der Waals surface area contributed by atoms with Crippen LogP contribution in [0.3, 0.4) is 0 Å². The SMILES string of the molecule is CCOc1n[nH]c(NC(=O)C2C3C=CC(C3)C2C(=O)O)n1. The molecule has 8 heteroatoms. The highest BCUT2D eigenvalue weighted by Crippen LogP contribution is 2.48. The molecule has 0 spiro atoms. The number of nitrogens with one attached hydrogen (secondary N) is 2. The predicted molar refractivity (Wildman–Crippen MR) is 71.5 cm³/mol. The lowest BCUT2D eigenvalue weighted by Crippen LogP contribution is -2.36.